The lowest BCUT2D eigenvalue weighted by Crippen LogP contribution is -2.22. The lowest BCUT2D eigenvalue weighted by Gasteiger charge is -2.13. The van der Waals surface area contributed by atoms with Gasteiger partial charge in [-0.2, -0.15) is 18.3 Å². The molecule has 0 fully saturated rings. The van der Waals surface area contributed by atoms with Crippen LogP contribution < -0.4 is 5.32 Å². The van der Waals surface area contributed by atoms with Crippen LogP contribution in [0.3, 0.4) is 0 Å². The minimum Gasteiger partial charge on any atom is -0.310 e. The summed E-state index contributed by atoms with van der Waals surface area (Å²) in [6.07, 6.45) is -2.61. The van der Waals surface area contributed by atoms with Gasteiger partial charge < -0.3 is 5.32 Å². The molecule has 0 unspecified atom stereocenters. The van der Waals surface area contributed by atoms with E-state index in [1.54, 1.807) is 18.2 Å². The van der Waals surface area contributed by atoms with Crippen LogP contribution in [0.4, 0.5) is 13.2 Å². The molecule has 0 aliphatic heterocycles. The highest BCUT2D eigenvalue weighted by Crippen LogP contribution is 2.29. The van der Waals surface area contributed by atoms with E-state index < -0.39 is 11.7 Å². The molecule has 1 aromatic carbocycles. The molecule has 1 aromatic heterocycles. The normalized spacial score (nSPS) is 12.1. The molecule has 0 spiro atoms. The first-order valence-electron chi connectivity index (χ1n) is 6.41. The number of nitrogens with one attached hydrogen (secondary N) is 1. The van der Waals surface area contributed by atoms with Gasteiger partial charge in [-0.1, -0.05) is 25.4 Å². The van der Waals surface area contributed by atoms with Gasteiger partial charge in [-0.3, -0.25) is 0 Å². The zero-order chi connectivity index (χ0) is 15.6. The zero-order valence-electron chi connectivity index (χ0n) is 11.6. The zero-order valence-corrected chi connectivity index (χ0v) is 12.3. The third kappa shape index (κ3) is 3.98. The Balaban J connectivity index is 2.36. The van der Waals surface area contributed by atoms with Crippen LogP contribution in [0.25, 0.3) is 5.69 Å². The van der Waals surface area contributed by atoms with E-state index in [1.807, 2.05) is 13.8 Å². The highest BCUT2D eigenvalue weighted by Gasteiger charge is 2.32. The number of halogens is 4. The van der Waals surface area contributed by atoms with Crippen LogP contribution in [0.15, 0.2) is 30.6 Å². The lowest BCUT2D eigenvalue weighted by atomic mass is 10.1. The van der Waals surface area contributed by atoms with Crippen molar-refractivity contribution in [2.24, 2.45) is 0 Å². The summed E-state index contributed by atoms with van der Waals surface area (Å²) in [5.74, 6) is 0. The largest absolute Gasteiger partial charge is 0.419 e. The summed E-state index contributed by atoms with van der Waals surface area (Å²) in [7, 11) is 0. The standard InChI is InChI=1S/C14H15ClF3N3/c1-9(2)19-6-10-5-12(15)3-4-13(10)21-8-11(7-20-21)14(16,17)18/h3-5,7-9,19H,6H2,1-2H3. The molecule has 0 aliphatic carbocycles. The fraction of sp³-hybridized carbons (Fsp3) is 0.357. The van der Waals surface area contributed by atoms with Gasteiger partial charge in [0.15, 0.2) is 0 Å². The van der Waals surface area contributed by atoms with Gasteiger partial charge in [-0.25, -0.2) is 4.68 Å². The molecule has 1 heterocycles. The number of nitrogens with zero attached hydrogens (tertiary/aromatic N) is 2. The summed E-state index contributed by atoms with van der Waals surface area (Å²) < 4.78 is 39.2. The van der Waals surface area contributed by atoms with Crippen LogP contribution in [-0.2, 0) is 12.7 Å². The maximum Gasteiger partial charge on any atom is 0.419 e. The number of aromatic nitrogens is 2. The fourth-order valence-corrected chi connectivity index (χ4v) is 2.03. The number of hydrogen-bond donors (Lipinski definition) is 1. The predicted octanol–water partition coefficient (Wildman–Crippen LogP) is 4.04. The van der Waals surface area contributed by atoms with Gasteiger partial charge in [0.25, 0.3) is 0 Å². The SMILES string of the molecule is CC(C)NCc1cc(Cl)ccc1-n1cc(C(F)(F)F)cn1. The molecule has 2 rings (SSSR count). The van der Waals surface area contributed by atoms with Gasteiger partial charge >= 0.3 is 6.18 Å². The molecular formula is C14H15ClF3N3. The third-order valence-corrected chi connectivity index (χ3v) is 3.13. The molecule has 0 radical (unpaired) electrons. The van der Waals surface area contributed by atoms with E-state index >= 15 is 0 Å². The number of rotatable bonds is 4. The van der Waals surface area contributed by atoms with Crippen molar-refractivity contribution in [1.82, 2.24) is 15.1 Å². The molecule has 2 aromatic rings. The van der Waals surface area contributed by atoms with E-state index in [0.717, 1.165) is 18.0 Å². The minimum absolute atomic E-state index is 0.250. The molecular weight excluding hydrogens is 303 g/mol. The number of hydrogen-bond acceptors (Lipinski definition) is 2. The van der Waals surface area contributed by atoms with Crippen LogP contribution in [0.2, 0.25) is 5.02 Å². The third-order valence-electron chi connectivity index (χ3n) is 2.90. The molecule has 7 heteroatoms. The van der Waals surface area contributed by atoms with Crippen molar-refractivity contribution in [1.29, 1.82) is 0 Å². The van der Waals surface area contributed by atoms with E-state index in [1.165, 1.54) is 4.68 Å². The van der Waals surface area contributed by atoms with Crippen molar-refractivity contribution in [3.8, 4) is 5.69 Å². The first-order chi connectivity index (χ1) is 9.77. The van der Waals surface area contributed by atoms with E-state index in [-0.39, 0.29) is 6.04 Å². The monoisotopic (exact) mass is 317 g/mol. The van der Waals surface area contributed by atoms with Gasteiger partial charge in [-0.05, 0) is 23.8 Å². The molecule has 21 heavy (non-hydrogen) atoms. The second kappa shape index (κ2) is 6.07. The van der Waals surface area contributed by atoms with E-state index in [0.29, 0.717) is 17.3 Å². The van der Waals surface area contributed by atoms with Gasteiger partial charge in [0.2, 0.25) is 0 Å². The Hall–Kier alpha value is -1.53. The average molecular weight is 318 g/mol. The second-order valence-electron chi connectivity index (χ2n) is 4.98. The molecule has 0 atom stereocenters. The van der Waals surface area contributed by atoms with E-state index in [2.05, 4.69) is 10.4 Å². The lowest BCUT2D eigenvalue weighted by molar-refractivity contribution is -0.137. The quantitative estimate of drug-likeness (QED) is 0.922. The summed E-state index contributed by atoms with van der Waals surface area (Å²) in [5, 5.41) is 7.54. The molecule has 0 saturated heterocycles. The van der Waals surface area contributed by atoms with Crippen LogP contribution in [0.5, 0.6) is 0 Å². The predicted molar refractivity (Wildman–Crippen MR) is 75.6 cm³/mol. The minimum atomic E-state index is -4.40. The van der Waals surface area contributed by atoms with Crippen LogP contribution in [0, 0.1) is 0 Å². The maximum absolute atomic E-state index is 12.6. The molecule has 0 bridgehead atoms. The Kier molecular flexibility index (Phi) is 4.58. The van der Waals surface area contributed by atoms with Crippen molar-refractivity contribution in [2.75, 3.05) is 0 Å². The Bertz CT molecular complexity index is 620. The van der Waals surface area contributed by atoms with Gasteiger partial charge in [0.05, 0.1) is 17.4 Å². The highest BCUT2D eigenvalue weighted by atomic mass is 35.5. The van der Waals surface area contributed by atoms with Crippen molar-refractivity contribution < 1.29 is 13.2 Å². The first-order valence-corrected chi connectivity index (χ1v) is 6.79. The number of benzene rings is 1. The molecule has 0 saturated carbocycles. The van der Waals surface area contributed by atoms with E-state index in [4.69, 9.17) is 11.6 Å². The van der Waals surface area contributed by atoms with Gasteiger partial charge in [0.1, 0.15) is 0 Å². The highest BCUT2D eigenvalue weighted by molar-refractivity contribution is 6.30. The molecule has 0 amide bonds. The Morgan fingerprint density at radius 2 is 2.05 bits per heavy atom. The van der Waals surface area contributed by atoms with Gasteiger partial charge in [-0.15, -0.1) is 0 Å². The number of alkyl halides is 3. The van der Waals surface area contributed by atoms with E-state index in [9.17, 15) is 13.2 Å². The van der Waals surface area contributed by atoms with Crippen molar-refractivity contribution in [2.45, 2.75) is 32.6 Å². The maximum atomic E-state index is 12.6. The first kappa shape index (κ1) is 15.9. The molecule has 3 nitrogen and oxygen atoms in total. The topological polar surface area (TPSA) is 29.9 Å². The Labute approximate surface area is 125 Å². The summed E-state index contributed by atoms with van der Waals surface area (Å²) in [6.45, 7) is 4.47. The van der Waals surface area contributed by atoms with Crippen LogP contribution in [0.1, 0.15) is 25.0 Å². The molecule has 0 aliphatic rings. The van der Waals surface area contributed by atoms with Crippen molar-refractivity contribution in [3.05, 3.63) is 46.7 Å². The average Bonchev–Trinajstić information content (AvgIpc) is 2.85. The second-order valence-corrected chi connectivity index (χ2v) is 5.42. The van der Waals surface area contributed by atoms with Crippen molar-refractivity contribution >= 4 is 11.6 Å². The van der Waals surface area contributed by atoms with Crippen LogP contribution in [-0.4, -0.2) is 15.8 Å². The molecule has 1 N–H and O–H groups in total. The van der Waals surface area contributed by atoms with Gasteiger partial charge in [0, 0.05) is 23.8 Å². The summed E-state index contributed by atoms with van der Waals surface area (Å²) >= 11 is 5.96. The molecule has 114 valence electrons. The fourth-order valence-electron chi connectivity index (χ4n) is 1.83. The summed E-state index contributed by atoms with van der Waals surface area (Å²) in [4.78, 5) is 0. The smallest absolute Gasteiger partial charge is 0.310 e. The Morgan fingerprint density at radius 3 is 2.62 bits per heavy atom. The Morgan fingerprint density at radius 1 is 1.33 bits per heavy atom. The summed E-state index contributed by atoms with van der Waals surface area (Å²) in [6, 6.07) is 5.26. The summed E-state index contributed by atoms with van der Waals surface area (Å²) in [5.41, 5.74) is 0.580. The van der Waals surface area contributed by atoms with Crippen molar-refractivity contribution in [3.63, 3.8) is 0 Å². The van der Waals surface area contributed by atoms with Crippen LogP contribution >= 0.6 is 11.6 Å².